The number of fused-ring (bicyclic) bond motifs is 1. The fourth-order valence-electron chi connectivity index (χ4n) is 3.53. The summed E-state index contributed by atoms with van der Waals surface area (Å²) in [5.41, 5.74) is 0.673. The standard InChI is InChI=1S/C21H28ClN3O2S/c1-15-6-10-25(11-7-15)9-3-8-23-20(26)14-28-19-13-21(27)24(2)18-12-16(22)4-5-17(18)19/h4-5,12-13,15H,3,6-11,14H2,1-2H3,(H,23,26). The smallest absolute Gasteiger partial charge is 0.251 e. The second-order valence-electron chi connectivity index (χ2n) is 7.58. The molecule has 152 valence electrons. The fourth-order valence-corrected chi connectivity index (χ4v) is 4.59. The third-order valence-electron chi connectivity index (χ3n) is 5.38. The Hall–Kier alpha value is -1.50. The molecule has 2 aromatic rings. The summed E-state index contributed by atoms with van der Waals surface area (Å²) < 4.78 is 1.58. The maximum absolute atomic E-state index is 12.2. The quantitative estimate of drug-likeness (QED) is 0.549. The van der Waals surface area contributed by atoms with Gasteiger partial charge in [0.1, 0.15) is 0 Å². The third-order valence-corrected chi connectivity index (χ3v) is 6.67. The molecule has 0 atom stereocenters. The van der Waals surface area contributed by atoms with Crippen LogP contribution in [0.3, 0.4) is 0 Å². The maximum atomic E-state index is 12.2. The van der Waals surface area contributed by atoms with Crippen molar-refractivity contribution in [1.82, 2.24) is 14.8 Å². The predicted molar refractivity (Wildman–Crippen MR) is 117 cm³/mol. The first kappa shape index (κ1) is 21.2. The van der Waals surface area contributed by atoms with Crippen LogP contribution in [0.1, 0.15) is 26.2 Å². The zero-order valence-corrected chi connectivity index (χ0v) is 18.1. The summed E-state index contributed by atoms with van der Waals surface area (Å²) in [7, 11) is 1.73. The van der Waals surface area contributed by atoms with Gasteiger partial charge >= 0.3 is 0 Å². The van der Waals surface area contributed by atoms with Gasteiger partial charge in [0.2, 0.25) is 5.91 Å². The van der Waals surface area contributed by atoms with E-state index in [0.717, 1.165) is 34.7 Å². The van der Waals surface area contributed by atoms with E-state index in [-0.39, 0.29) is 11.5 Å². The van der Waals surface area contributed by atoms with E-state index in [0.29, 0.717) is 17.3 Å². The van der Waals surface area contributed by atoms with Gasteiger partial charge in [-0.1, -0.05) is 24.6 Å². The molecule has 0 radical (unpaired) electrons. The minimum Gasteiger partial charge on any atom is -0.355 e. The molecule has 0 aliphatic carbocycles. The molecule has 28 heavy (non-hydrogen) atoms. The van der Waals surface area contributed by atoms with Crippen LogP contribution in [0.4, 0.5) is 0 Å². The van der Waals surface area contributed by atoms with Gasteiger partial charge in [-0.25, -0.2) is 0 Å². The van der Waals surface area contributed by atoms with Gasteiger partial charge in [0.05, 0.1) is 11.3 Å². The Kier molecular flexibility index (Phi) is 7.43. The molecule has 1 amide bonds. The molecule has 0 bridgehead atoms. The van der Waals surface area contributed by atoms with Gasteiger partial charge < -0.3 is 14.8 Å². The number of amides is 1. The van der Waals surface area contributed by atoms with Crippen LogP contribution in [-0.2, 0) is 11.8 Å². The zero-order valence-electron chi connectivity index (χ0n) is 16.5. The van der Waals surface area contributed by atoms with Gasteiger partial charge in [0.15, 0.2) is 0 Å². The summed E-state index contributed by atoms with van der Waals surface area (Å²) in [6.07, 6.45) is 3.52. The molecular weight excluding hydrogens is 394 g/mol. The topological polar surface area (TPSA) is 54.3 Å². The fraction of sp³-hybridized carbons (Fsp3) is 0.524. The van der Waals surface area contributed by atoms with Crippen LogP contribution in [0, 0.1) is 5.92 Å². The summed E-state index contributed by atoms with van der Waals surface area (Å²) in [4.78, 5) is 27.7. The largest absolute Gasteiger partial charge is 0.355 e. The number of aryl methyl sites for hydroxylation is 1. The van der Waals surface area contributed by atoms with E-state index >= 15 is 0 Å². The molecule has 7 heteroatoms. The molecule has 1 aromatic heterocycles. The van der Waals surface area contributed by atoms with Crippen molar-refractivity contribution in [2.75, 3.05) is 31.9 Å². The Bertz CT molecular complexity index is 891. The normalized spacial score (nSPS) is 15.8. The van der Waals surface area contributed by atoms with E-state index in [1.165, 1.54) is 37.7 Å². The number of carbonyl (C=O) groups is 1. The van der Waals surface area contributed by atoms with E-state index in [1.54, 1.807) is 29.8 Å². The van der Waals surface area contributed by atoms with Crippen molar-refractivity contribution < 1.29 is 4.79 Å². The summed E-state index contributed by atoms with van der Waals surface area (Å²) in [5, 5.41) is 4.52. The Morgan fingerprint density at radius 1 is 1.29 bits per heavy atom. The molecule has 2 heterocycles. The lowest BCUT2D eigenvalue weighted by Crippen LogP contribution is -2.35. The molecule has 1 fully saturated rings. The number of carbonyl (C=O) groups excluding carboxylic acids is 1. The number of rotatable bonds is 7. The second kappa shape index (κ2) is 9.81. The number of likely N-dealkylation sites (tertiary alicyclic amines) is 1. The molecule has 1 aromatic carbocycles. The molecule has 1 aliphatic rings. The van der Waals surface area contributed by atoms with Crippen molar-refractivity contribution in [2.45, 2.75) is 31.1 Å². The van der Waals surface area contributed by atoms with Crippen molar-refractivity contribution in [1.29, 1.82) is 0 Å². The highest BCUT2D eigenvalue weighted by molar-refractivity contribution is 8.00. The average Bonchev–Trinajstić information content (AvgIpc) is 2.68. The van der Waals surface area contributed by atoms with Crippen molar-refractivity contribution in [3.8, 4) is 0 Å². The minimum atomic E-state index is -0.103. The summed E-state index contributed by atoms with van der Waals surface area (Å²) in [6.45, 7) is 6.39. The number of piperidine rings is 1. The van der Waals surface area contributed by atoms with Crippen molar-refractivity contribution >= 4 is 40.2 Å². The number of halogens is 1. The molecule has 5 nitrogen and oxygen atoms in total. The molecular formula is C21H28ClN3O2S. The van der Waals surface area contributed by atoms with Gasteiger partial charge in [-0.05, 0) is 56.9 Å². The van der Waals surface area contributed by atoms with Crippen LogP contribution in [0.5, 0.6) is 0 Å². The summed E-state index contributed by atoms with van der Waals surface area (Å²) in [5.74, 6) is 1.14. The summed E-state index contributed by atoms with van der Waals surface area (Å²) >= 11 is 7.46. The van der Waals surface area contributed by atoms with Gasteiger partial charge in [-0.15, -0.1) is 11.8 Å². The van der Waals surface area contributed by atoms with Crippen LogP contribution in [0.25, 0.3) is 10.9 Å². The number of benzene rings is 1. The molecule has 0 saturated carbocycles. The van der Waals surface area contributed by atoms with Crippen LogP contribution >= 0.6 is 23.4 Å². The van der Waals surface area contributed by atoms with Crippen LogP contribution in [-0.4, -0.2) is 47.3 Å². The maximum Gasteiger partial charge on any atom is 0.251 e. The van der Waals surface area contributed by atoms with Crippen molar-refractivity contribution in [2.24, 2.45) is 13.0 Å². The average molecular weight is 422 g/mol. The number of nitrogens with zero attached hydrogens (tertiary/aromatic N) is 2. The number of thioether (sulfide) groups is 1. The van der Waals surface area contributed by atoms with Crippen LogP contribution in [0.15, 0.2) is 34.0 Å². The lowest BCUT2D eigenvalue weighted by atomic mass is 9.99. The second-order valence-corrected chi connectivity index (χ2v) is 9.04. The monoisotopic (exact) mass is 421 g/mol. The Morgan fingerprint density at radius 3 is 2.79 bits per heavy atom. The van der Waals surface area contributed by atoms with E-state index in [4.69, 9.17) is 11.6 Å². The zero-order chi connectivity index (χ0) is 20.1. The Balaban J connectivity index is 1.48. The van der Waals surface area contributed by atoms with E-state index < -0.39 is 0 Å². The lowest BCUT2D eigenvalue weighted by molar-refractivity contribution is -0.118. The van der Waals surface area contributed by atoms with E-state index in [2.05, 4.69) is 17.1 Å². The highest BCUT2D eigenvalue weighted by Gasteiger charge is 2.15. The molecule has 3 rings (SSSR count). The molecule has 1 saturated heterocycles. The molecule has 1 aliphatic heterocycles. The first-order chi connectivity index (χ1) is 13.4. The molecule has 0 spiro atoms. The first-order valence-corrected chi connectivity index (χ1v) is 11.2. The summed E-state index contributed by atoms with van der Waals surface area (Å²) in [6, 6.07) is 7.08. The Morgan fingerprint density at radius 2 is 2.04 bits per heavy atom. The minimum absolute atomic E-state index is 0.0000527. The Labute approximate surface area is 175 Å². The molecule has 1 N–H and O–H groups in total. The van der Waals surface area contributed by atoms with Crippen molar-refractivity contribution in [3.63, 3.8) is 0 Å². The third kappa shape index (κ3) is 5.52. The van der Waals surface area contributed by atoms with Gasteiger partial charge in [-0.2, -0.15) is 0 Å². The number of hydrogen-bond donors (Lipinski definition) is 1. The number of nitrogens with one attached hydrogen (secondary N) is 1. The highest BCUT2D eigenvalue weighted by atomic mass is 35.5. The van der Waals surface area contributed by atoms with Crippen LogP contribution < -0.4 is 10.9 Å². The van der Waals surface area contributed by atoms with Crippen LogP contribution in [0.2, 0.25) is 5.02 Å². The first-order valence-electron chi connectivity index (χ1n) is 9.85. The van der Waals surface area contributed by atoms with Gasteiger partial charge in [-0.3, -0.25) is 9.59 Å². The number of pyridine rings is 1. The lowest BCUT2D eigenvalue weighted by Gasteiger charge is -2.30. The highest BCUT2D eigenvalue weighted by Crippen LogP contribution is 2.28. The van der Waals surface area contributed by atoms with Gasteiger partial charge in [0, 0.05) is 35.0 Å². The SMILES string of the molecule is CC1CCN(CCCNC(=O)CSc2cc(=O)n(C)c3cc(Cl)ccc23)CC1. The molecule has 0 unspecified atom stereocenters. The number of aromatic nitrogens is 1. The van der Waals surface area contributed by atoms with E-state index in [1.807, 2.05) is 6.07 Å². The van der Waals surface area contributed by atoms with Crippen molar-refractivity contribution in [3.05, 3.63) is 39.6 Å². The van der Waals surface area contributed by atoms with Gasteiger partial charge in [0.25, 0.3) is 5.56 Å². The predicted octanol–water partition coefficient (Wildman–Crippen LogP) is 3.52. The number of hydrogen-bond acceptors (Lipinski definition) is 4. The van der Waals surface area contributed by atoms with E-state index in [9.17, 15) is 9.59 Å².